The maximum Gasteiger partial charge on any atom is 0.253 e. The third-order valence-electron chi connectivity index (χ3n) is 3.04. The highest BCUT2D eigenvalue weighted by Gasteiger charge is 2.23. The highest BCUT2D eigenvalue weighted by molar-refractivity contribution is 5.95. The Labute approximate surface area is 113 Å². The standard InChI is InChI=1S/C15H18N2O2/c1-11-10-12(4-2-8-16)6-7-13(11)17-15(18)14-5-3-9-19-14/h6-7,10,14H,3,5,8-9,16H2,1H3,(H,17,18). The van der Waals surface area contributed by atoms with Gasteiger partial charge in [0.05, 0.1) is 6.54 Å². The zero-order chi connectivity index (χ0) is 13.7. The van der Waals surface area contributed by atoms with Crippen LogP contribution in [0.1, 0.15) is 24.0 Å². The Kier molecular flexibility index (Phi) is 4.56. The zero-order valence-corrected chi connectivity index (χ0v) is 11.0. The Morgan fingerprint density at radius 1 is 1.58 bits per heavy atom. The highest BCUT2D eigenvalue weighted by Crippen LogP contribution is 2.19. The molecule has 1 saturated heterocycles. The molecule has 19 heavy (non-hydrogen) atoms. The summed E-state index contributed by atoms with van der Waals surface area (Å²) in [5.41, 5.74) is 8.02. The van der Waals surface area contributed by atoms with Crippen LogP contribution in [0.4, 0.5) is 5.69 Å². The molecule has 1 unspecified atom stereocenters. The lowest BCUT2D eigenvalue weighted by Gasteiger charge is -2.12. The van der Waals surface area contributed by atoms with Gasteiger partial charge >= 0.3 is 0 Å². The summed E-state index contributed by atoms with van der Waals surface area (Å²) in [7, 11) is 0. The van der Waals surface area contributed by atoms with Gasteiger partial charge < -0.3 is 15.8 Å². The second kappa shape index (κ2) is 6.37. The molecule has 100 valence electrons. The summed E-state index contributed by atoms with van der Waals surface area (Å²) in [6.45, 7) is 2.96. The van der Waals surface area contributed by atoms with Crippen molar-refractivity contribution in [2.24, 2.45) is 5.73 Å². The maximum absolute atomic E-state index is 11.9. The van der Waals surface area contributed by atoms with E-state index in [1.54, 1.807) is 0 Å². The van der Waals surface area contributed by atoms with Gasteiger partial charge in [0.2, 0.25) is 0 Å². The number of ether oxygens (including phenoxy) is 1. The molecular formula is C15H18N2O2. The van der Waals surface area contributed by atoms with Crippen molar-refractivity contribution in [3.8, 4) is 11.8 Å². The molecule has 4 nitrogen and oxygen atoms in total. The average molecular weight is 258 g/mol. The van der Waals surface area contributed by atoms with Crippen LogP contribution in [0.2, 0.25) is 0 Å². The summed E-state index contributed by atoms with van der Waals surface area (Å²) in [6, 6.07) is 5.68. The van der Waals surface area contributed by atoms with Crippen LogP contribution in [0.3, 0.4) is 0 Å². The van der Waals surface area contributed by atoms with E-state index in [9.17, 15) is 4.79 Å². The molecule has 0 radical (unpaired) electrons. The number of nitrogens with one attached hydrogen (secondary N) is 1. The van der Waals surface area contributed by atoms with Gasteiger partial charge in [0, 0.05) is 17.9 Å². The lowest BCUT2D eigenvalue weighted by molar-refractivity contribution is -0.124. The van der Waals surface area contributed by atoms with E-state index in [2.05, 4.69) is 17.2 Å². The summed E-state index contributed by atoms with van der Waals surface area (Å²) < 4.78 is 5.36. The number of carbonyl (C=O) groups is 1. The van der Waals surface area contributed by atoms with Crippen molar-refractivity contribution in [2.75, 3.05) is 18.5 Å². The lowest BCUT2D eigenvalue weighted by atomic mass is 10.1. The first-order valence-corrected chi connectivity index (χ1v) is 6.43. The normalized spacial score (nSPS) is 17.7. The number of hydrogen-bond acceptors (Lipinski definition) is 3. The fourth-order valence-corrected chi connectivity index (χ4v) is 2.03. The molecule has 1 amide bonds. The van der Waals surface area contributed by atoms with Crippen molar-refractivity contribution in [3.63, 3.8) is 0 Å². The molecule has 0 spiro atoms. The lowest BCUT2D eigenvalue weighted by Crippen LogP contribution is -2.27. The van der Waals surface area contributed by atoms with Crippen LogP contribution in [0.25, 0.3) is 0 Å². The number of benzene rings is 1. The van der Waals surface area contributed by atoms with E-state index in [0.29, 0.717) is 13.2 Å². The minimum absolute atomic E-state index is 0.0682. The highest BCUT2D eigenvalue weighted by atomic mass is 16.5. The summed E-state index contributed by atoms with van der Waals surface area (Å²) in [4.78, 5) is 11.9. The molecule has 1 aliphatic rings. The first-order chi connectivity index (χ1) is 9.20. The maximum atomic E-state index is 11.9. The van der Waals surface area contributed by atoms with Crippen LogP contribution in [0.15, 0.2) is 18.2 Å². The van der Waals surface area contributed by atoms with E-state index in [4.69, 9.17) is 10.5 Å². The fourth-order valence-electron chi connectivity index (χ4n) is 2.03. The summed E-state index contributed by atoms with van der Waals surface area (Å²) in [5.74, 6) is 5.71. The molecule has 0 bridgehead atoms. The quantitative estimate of drug-likeness (QED) is 0.789. The molecule has 1 fully saturated rings. The second-order valence-corrected chi connectivity index (χ2v) is 4.53. The van der Waals surface area contributed by atoms with Crippen LogP contribution in [0.5, 0.6) is 0 Å². The first kappa shape index (κ1) is 13.6. The van der Waals surface area contributed by atoms with Gasteiger partial charge in [0.1, 0.15) is 6.10 Å². The number of amides is 1. The Balaban J connectivity index is 2.06. The Morgan fingerprint density at radius 2 is 2.42 bits per heavy atom. The number of aryl methyl sites for hydroxylation is 1. The molecule has 1 heterocycles. The van der Waals surface area contributed by atoms with Crippen molar-refractivity contribution in [3.05, 3.63) is 29.3 Å². The smallest absolute Gasteiger partial charge is 0.253 e. The topological polar surface area (TPSA) is 64.3 Å². The predicted octanol–water partition coefficient (Wildman–Crippen LogP) is 1.42. The molecule has 1 aliphatic heterocycles. The SMILES string of the molecule is Cc1cc(C#CCN)ccc1NC(=O)C1CCCO1. The van der Waals surface area contributed by atoms with E-state index >= 15 is 0 Å². The number of nitrogens with two attached hydrogens (primary N) is 1. The summed E-state index contributed by atoms with van der Waals surface area (Å²) in [5, 5.41) is 2.90. The Hall–Kier alpha value is -1.83. The third-order valence-corrected chi connectivity index (χ3v) is 3.04. The summed E-state index contributed by atoms with van der Waals surface area (Å²) in [6.07, 6.45) is 1.44. The molecular weight excluding hydrogens is 240 g/mol. The van der Waals surface area contributed by atoms with E-state index < -0.39 is 0 Å². The largest absolute Gasteiger partial charge is 0.368 e. The van der Waals surface area contributed by atoms with Crippen LogP contribution in [0, 0.1) is 18.8 Å². The number of rotatable bonds is 2. The number of anilines is 1. The van der Waals surface area contributed by atoms with Crippen molar-refractivity contribution in [1.82, 2.24) is 0 Å². The molecule has 0 saturated carbocycles. The van der Waals surface area contributed by atoms with Crippen molar-refractivity contribution in [2.45, 2.75) is 25.9 Å². The zero-order valence-electron chi connectivity index (χ0n) is 11.0. The van der Waals surface area contributed by atoms with Gasteiger partial charge in [-0.2, -0.15) is 0 Å². The number of hydrogen-bond donors (Lipinski definition) is 2. The minimum Gasteiger partial charge on any atom is -0.368 e. The number of carbonyl (C=O) groups excluding carboxylic acids is 1. The average Bonchev–Trinajstić information content (AvgIpc) is 2.93. The van der Waals surface area contributed by atoms with E-state index in [1.807, 2.05) is 25.1 Å². The van der Waals surface area contributed by atoms with Crippen molar-refractivity contribution in [1.29, 1.82) is 0 Å². The van der Waals surface area contributed by atoms with Gasteiger partial charge in [-0.1, -0.05) is 11.8 Å². The van der Waals surface area contributed by atoms with Gasteiger partial charge in [-0.25, -0.2) is 0 Å². The molecule has 2 rings (SSSR count). The van der Waals surface area contributed by atoms with E-state index in [-0.39, 0.29) is 12.0 Å². The minimum atomic E-state index is -0.309. The molecule has 3 N–H and O–H groups in total. The first-order valence-electron chi connectivity index (χ1n) is 6.43. The van der Waals surface area contributed by atoms with Crippen molar-refractivity contribution >= 4 is 11.6 Å². The molecule has 4 heteroatoms. The monoisotopic (exact) mass is 258 g/mol. The van der Waals surface area contributed by atoms with Gasteiger partial charge in [0.25, 0.3) is 5.91 Å². The van der Waals surface area contributed by atoms with Crippen LogP contribution in [-0.4, -0.2) is 25.2 Å². The molecule has 1 atom stereocenters. The van der Waals surface area contributed by atoms with Crippen LogP contribution >= 0.6 is 0 Å². The Morgan fingerprint density at radius 3 is 3.05 bits per heavy atom. The van der Waals surface area contributed by atoms with Gasteiger partial charge in [0.15, 0.2) is 0 Å². The molecule has 0 aromatic heterocycles. The predicted molar refractivity (Wildman–Crippen MR) is 74.7 cm³/mol. The van der Waals surface area contributed by atoms with Gasteiger partial charge in [-0.15, -0.1) is 0 Å². The molecule has 0 aliphatic carbocycles. The Bertz CT molecular complexity index is 523. The summed E-state index contributed by atoms with van der Waals surface area (Å²) >= 11 is 0. The van der Waals surface area contributed by atoms with Crippen LogP contribution in [-0.2, 0) is 9.53 Å². The van der Waals surface area contributed by atoms with Gasteiger partial charge in [-0.05, 0) is 43.5 Å². The fraction of sp³-hybridized carbons (Fsp3) is 0.400. The van der Waals surface area contributed by atoms with Crippen LogP contribution < -0.4 is 11.1 Å². The molecule has 1 aromatic rings. The van der Waals surface area contributed by atoms with Crippen molar-refractivity contribution < 1.29 is 9.53 Å². The molecule has 1 aromatic carbocycles. The van der Waals surface area contributed by atoms with Gasteiger partial charge in [-0.3, -0.25) is 4.79 Å². The second-order valence-electron chi connectivity index (χ2n) is 4.53. The third kappa shape index (κ3) is 3.57. The van der Waals surface area contributed by atoms with E-state index in [1.165, 1.54) is 0 Å². The van der Waals surface area contributed by atoms with E-state index in [0.717, 1.165) is 29.7 Å².